The maximum atomic E-state index is 13.8. The van der Waals surface area contributed by atoms with Crippen molar-refractivity contribution in [1.29, 1.82) is 0 Å². The quantitative estimate of drug-likeness (QED) is 0.785. The molecule has 8 heteroatoms. The van der Waals surface area contributed by atoms with Crippen molar-refractivity contribution in [2.45, 2.75) is 6.04 Å². The molecule has 0 aliphatic carbocycles. The van der Waals surface area contributed by atoms with E-state index in [1.165, 1.54) is 13.2 Å². The summed E-state index contributed by atoms with van der Waals surface area (Å²) < 4.78 is 36.8. The number of methoxy groups -OCH3 is 1. The van der Waals surface area contributed by atoms with Gasteiger partial charge >= 0.3 is 12.1 Å². The van der Waals surface area contributed by atoms with Crippen LogP contribution in [0.25, 0.3) is 0 Å². The van der Waals surface area contributed by atoms with Gasteiger partial charge in [0.2, 0.25) is 0 Å². The van der Waals surface area contributed by atoms with Crippen molar-refractivity contribution in [1.82, 2.24) is 5.32 Å². The molecule has 0 bridgehead atoms. The van der Waals surface area contributed by atoms with E-state index in [2.05, 4.69) is 16.1 Å². The van der Waals surface area contributed by atoms with E-state index < -0.39 is 35.3 Å². The molecule has 2 N–H and O–H groups in total. The van der Waals surface area contributed by atoms with Crippen molar-refractivity contribution in [2.24, 2.45) is 0 Å². The van der Waals surface area contributed by atoms with Gasteiger partial charge in [0.05, 0.1) is 12.7 Å². The van der Waals surface area contributed by atoms with Crippen LogP contribution in [0, 0.1) is 11.6 Å². The van der Waals surface area contributed by atoms with Crippen molar-refractivity contribution in [3.8, 4) is 5.75 Å². The van der Waals surface area contributed by atoms with Gasteiger partial charge in [0.25, 0.3) is 0 Å². The minimum Gasteiger partial charge on any atom is -0.497 e. The molecule has 21 heavy (non-hydrogen) atoms. The van der Waals surface area contributed by atoms with E-state index in [4.69, 9.17) is 5.11 Å². The van der Waals surface area contributed by atoms with Crippen LogP contribution in [0.5, 0.6) is 5.75 Å². The second-order valence-corrected chi connectivity index (χ2v) is 3.81. The summed E-state index contributed by atoms with van der Waals surface area (Å²) in [4.78, 5) is 22.4. The Morgan fingerprint density at radius 1 is 1.43 bits per heavy atom. The molecule has 0 aromatic heterocycles. The van der Waals surface area contributed by atoms with Gasteiger partial charge in [0.15, 0.2) is 6.04 Å². The molecule has 0 aliphatic heterocycles. The van der Waals surface area contributed by atoms with Gasteiger partial charge in [-0.05, 0) is 0 Å². The summed E-state index contributed by atoms with van der Waals surface area (Å²) in [6.45, 7) is 3.12. The monoisotopic (exact) mass is 301 g/mol. The number of ether oxygens (including phenoxy) is 2. The highest BCUT2D eigenvalue weighted by Gasteiger charge is 2.29. The minimum absolute atomic E-state index is 0.118. The molecular weight excluding hydrogens is 288 g/mol. The number of rotatable bonds is 6. The topological polar surface area (TPSA) is 84.9 Å². The molecule has 1 aromatic carbocycles. The largest absolute Gasteiger partial charge is 0.497 e. The Morgan fingerprint density at radius 3 is 2.43 bits per heavy atom. The summed E-state index contributed by atoms with van der Waals surface area (Å²) in [6, 6.07) is -0.316. The third-order valence-corrected chi connectivity index (χ3v) is 2.42. The number of carbonyl (C=O) groups excluding carboxylic acids is 1. The number of hydrogen-bond donors (Lipinski definition) is 2. The summed E-state index contributed by atoms with van der Waals surface area (Å²) in [5.74, 6) is -4.09. The molecular formula is C13H13F2NO5. The molecule has 0 radical (unpaired) electrons. The lowest BCUT2D eigenvalue weighted by Crippen LogP contribution is -2.35. The molecule has 0 saturated heterocycles. The molecule has 0 saturated carbocycles. The van der Waals surface area contributed by atoms with Crippen LogP contribution < -0.4 is 10.1 Å². The van der Waals surface area contributed by atoms with Crippen molar-refractivity contribution >= 4 is 12.1 Å². The van der Waals surface area contributed by atoms with E-state index in [1.54, 1.807) is 0 Å². The average molecular weight is 301 g/mol. The number of amides is 1. The summed E-state index contributed by atoms with van der Waals surface area (Å²) in [5.41, 5.74) is -0.821. The number of benzene rings is 1. The average Bonchev–Trinajstić information content (AvgIpc) is 2.42. The molecule has 114 valence electrons. The first kappa shape index (κ1) is 16.4. The molecule has 1 aromatic rings. The highest BCUT2D eigenvalue weighted by atomic mass is 19.1. The van der Waals surface area contributed by atoms with Crippen LogP contribution in [-0.4, -0.2) is 30.9 Å². The van der Waals surface area contributed by atoms with Crippen molar-refractivity contribution in [3.63, 3.8) is 0 Å². The van der Waals surface area contributed by atoms with Gasteiger partial charge < -0.3 is 19.9 Å². The van der Waals surface area contributed by atoms with Gasteiger partial charge in [-0.2, -0.15) is 0 Å². The summed E-state index contributed by atoms with van der Waals surface area (Å²) in [6.07, 6.45) is 0.112. The SMILES string of the molecule is C=CCOC(=O)NC(C(=O)O)c1c(F)cc(OC)cc1F. The molecule has 6 nitrogen and oxygen atoms in total. The zero-order valence-corrected chi connectivity index (χ0v) is 11.1. The molecule has 0 heterocycles. The second-order valence-electron chi connectivity index (χ2n) is 3.81. The molecule has 0 spiro atoms. The lowest BCUT2D eigenvalue weighted by atomic mass is 10.1. The molecule has 1 atom stereocenters. The standard InChI is InChI=1S/C13H13F2NO5/c1-3-4-21-13(19)16-11(12(17)18)10-8(14)5-7(20-2)6-9(10)15/h3,5-6,11H,1,4H2,2H3,(H,16,19)(H,17,18). The van der Waals surface area contributed by atoms with Crippen molar-refractivity contribution < 1.29 is 33.0 Å². The fraction of sp³-hybridized carbons (Fsp3) is 0.231. The highest BCUT2D eigenvalue weighted by Crippen LogP contribution is 2.26. The van der Waals surface area contributed by atoms with E-state index in [-0.39, 0.29) is 12.4 Å². The fourth-order valence-corrected chi connectivity index (χ4v) is 1.51. The van der Waals surface area contributed by atoms with E-state index >= 15 is 0 Å². The number of carboxylic acid groups (broad SMARTS) is 1. The van der Waals surface area contributed by atoms with E-state index in [0.29, 0.717) is 0 Å². The Labute approximate surface area is 119 Å². The normalized spacial score (nSPS) is 11.4. The van der Waals surface area contributed by atoms with Gasteiger partial charge in [0.1, 0.15) is 24.0 Å². The van der Waals surface area contributed by atoms with E-state index in [0.717, 1.165) is 12.1 Å². The fourth-order valence-electron chi connectivity index (χ4n) is 1.51. The first-order valence-electron chi connectivity index (χ1n) is 5.70. The van der Waals surface area contributed by atoms with Gasteiger partial charge in [-0.3, -0.25) is 0 Å². The van der Waals surface area contributed by atoms with Crippen LogP contribution in [-0.2, 0) is 9.53 Å². The third kappa shape index (κ3) is 4.16. The Morgan fingerprint density at radius 2 is 2.00 bits per heavy atom. The van der Waals surface area contributed by atoms with Crippen LogP contribution in [0.4, 0.5) is 13.6 Å². The number of alkyl carbamates (subject to hydrolysis) is 1. The van der Waals surface area contributed by atoms with Crippen molar-refractivity contribution in [2.75, 3.05) is 13.7 Å². The van der Waals surface area contributed by atoms with Crippen LogP contribution >= 0.6 is 0 Å². The first-order valence-corrected chi connectivity index (χ1v) is 5.70. The van der Waals surface area contributed by atoms with Crippen LogP contribution in [0.3, 0.4) is 0 Å². The van der Waals surface area contributed by atoms with Gasteiger partial charge in [-0.1, -0.05) is 12.7 Å². The number of carbonyl (C=O) groups is 2. The number of nitrogens with one attached hydrogen (secondary N) is 1. The van der Waals surface area contributed by atoms with E-state index in [1.807, 2.05) is 5.32 Å². The van der Waals surface area contributed by atoms with Crippen LogP contribution in [0.15, 0.2) is 24.8 Å². The van der Waals surface area contributed by atoms with E-state index in [9.17, 15) is 18.4 Å². The molecule has 1 amide bonds. The second kappa shape index (κ2) is 7.22. The lowest BCUT2D eigenvalue weighted by molar-refractivity contribution is -0.139. The minimum atomic E-state index is -1.94. The molecule has 1 unspecified atom stereocenters. The number of carboxylic acids is 1. The lowest BCUT2D eigenvalue weighted by Gasteiger charge is -2.16. The van der Waals surface area contributed by atoms with Gasteiger partial charge in [-0.25, -0.2) is 18.4 Å². The third-order valence-electron chi connectivity index (χ3n) is 2.42. The smallest absolute Gasteiger partial charge is 0.408 e. The Bertz CT molecular complexity index is 538. The van der Waals surface area contributed by atoms with Gasteiger partial charge in [-0.15, -0.1) is 0 Å². The Balaban J connectivity index is 3.09. The summed E-state index contributed by atoms with van der Waals surface area (Å²) in [5, 5.41) is 10.9. The zero-order valence-electron chi connectivity index (χ0n) is 11.1. The Hall–Kier alpha value is -2.64. The predicted octanol–water partition coefficient (Wildman–Crippen LogP) is 2.01. The predicted molar refractivity (Wildman–Crippen MR) is 68.0 cm³/mol. The summed E-state index contributed by atoms with van der Waals surface area (Å²) in [7, 11) is 1.20. The maximum Gasteiger partial charge on any atom is 0.408 e. The molecule has 1 rings (SSSR count). The maximum absolute atomic E-state index is 13.8. The zero-order chi connectivity index (χ0) is 16.0. The van der Waals surface area contributed by atoms with Crippen LogP contribution in [0.1, 0.15) is 11.6 Å². The van der Waals surface area contributed by atoms with Gasteiger partial charge in [0, 0.05) is 12.1 Å². The molecule has 0 fully saturated rings. The first-order chi connectivity index (χ1) is 9.90. The molecule has 0 aliphatic rings. The highest BCUT2D eigenvalue weighted by molar-refractivity contribution is 5.81. The number of hydrogen-bond acceptors (Lipinski definition) is 4. The summed E-state index contributed by atoms with van der Waals surface area (Å²) >= 11 is 0. The van der Waals surface area contributed by atoms with Crippen LogP contribution in [0.2, 0.25) is 0 Å². The number of halogens is 2. The van der Waals surface area contributed by atoms with Crippen molar-refractivity contribution in [3.05, 3.63) is 42.0 Å². The number of aliphatic carboxylic acids is 1. The Kier molecular flexibility index (Phi) is 5.65.